The largest absolute Gasteiger partial charge is 0.417 e. The average molecular weight is 685 g/mol. The lowest BCUT2D eigenvalue weighted by Crippen LogP contribution is -2.66. The summed E-state index contributed by atoms with van der Waals surface area (Å²) < 4.78 is 24.6. The van der Waals surface area contributed by atoms with Crippen molar-refractivity contribution < 1.29 is 18.4 Å². The number of aryl methyl sites for hydroxylation is 2. The Bertz CT molecular complexity index is 2390. The highest BCUT2D eigenvalue weighted by Gasteiger charge is 2.46. The number of pyridine rings is 2. The fourth-order valence-corrected chi connectivity index (χ4v) is 7.67. The summed E-state index contributed by atoms with van der Waals surface area (Å²) >= 11 is 7.04. The second kappa shape index (κ2) is 11.4. The van der Waals surface area contributed by atoms with Gasteiger partial charge in [-0.1, -0.05) is 38.1 Å². The number of aromatic nitrogens is 3. The molecule has 2 unspecified atom stereocenters. The minimum absolute atomic E-state index is 0.00784. The Kier molecular flexibility index (Phi) is 7.55. The van der Waals surface area contributed by atoms with Gasteiger partial charge in [0.15, 0.2) is 11.4 Å². The number of carbonyl (C=O) groups excluding carboxylic acids is 2. The number of amides is 2. The molecule has 1 fully saturated rings. The van der Waals surface area contributed by atoms with Gasteiger partial charge in [-0.15, -0.1) is 0 Å². The van der Waals surface area contributed by atoms with E-state index in [-0.39, 0.29) is 69.8 Å². The van der Waals surface area contributed by atoms with Crippen LogP contribution in [0.3, 0.4) is 0 Å². The van der Waals surface area contributed by atoms with Crippen molar-refractivity contribution in [1.82, 2.24) is 19.4 Å². The number of rotatable bonds is 4. The maximum Gasteiger partial charge on any atom is 0.417 e. The first-order chi connectivity index (χ1) is 23.3. The minimum atomic E-state index is -0.853. The molecule has 13 heteroatoms. The molecule has 2 aliphatic heterocycles. The number of piperazine rings is 1. The van der Waals surface area contributed by atoms with Crippen LogP contribution in [0.15, 0.2) is 57.1 Å². The third kappa shape index (κ3) is 4.64. The van der Waals surface area contributed by atoms with Crippen LogP contribution in [0.5, 0.6) is 0 Å². The Balaban J connectivity index is 1.66. The number of halogens is 2. The number of H-pyrrole nitrogens is 1. The molecule has 0 radical (unpaired) electrons. The lowest BCUT2D eigenvalue weighted by Gasteiger charge is -2.50. The Morgan fingerprint density at radius 2 is 1.84 bits per heavy atom. The van der Waals surface area contributed by atoms with Gasteiger partial charge in [-0.2, -0.15) is 0 Å². The van der Waals surface area contributed by atoms with Gasteiger partial charge in [0.25, 0.3) is 11.5 Å². The van der Waals surface area contributed by atoms with E-state index in [1.807, 2.05) is 27.7 Å². The molecule has 5 heterocycles. The van der Waals surface area contributed by atoms with E-state index in [0.29, 0.717) is 39.1 Å². The maximum atomic E-state index is 17.8. The monoisotopic (exact) mass is 684 g/mol. The Morgan fingerprint density at radius 3 is 2.53 bits per heavy atom. The first kappa shape index (κ1) is 32.3. The molecule has 1 saturated heterocycles. The number of aromatic amines is 1. The molecule has 252 valence electrons. The van der Waals surface area contributed by atoms with Crippen molar-refractivity contribution in [3.05, 3.63) is 91.7 Å². The van der Waals surface area contributed by atoms with Crippen molar-refractivity contribution in [3.63, 3.8) is 0 Å². The summed E-state index contributed by atoms with van der Waals surface area (Å²) in [7, 11) is 1.51. The first-order valence-electron chi connectivity index (χ1n) is 15.9. The highest BCUT2D eigenvalue weighted by Crippen LogP contribution is 2.47. The van der Waals surface area contributed by atoms with Crippen LogP contribution in [0.25, 0.3) is 38.8 Å². The number of nitrogens with zero attached hydrogens (tertiary/aromatic N) is 5. The van der Waals surface area contributed by atoms with E-state index in [9.17, 15) is 14.4 Å². The minimum Gasteiger partial charge on any atom is -0.407 e. The predicted molar refractivity (Wildman–Crippen MR) is 188 cm³/mol. The number of oxazole rings is 1. The number of hydrogen-bond acceptors (Lipinski definition) is 7. The molecule has 49 heavy (non-hydrogen) atoms. The number of fused-ring (bicyclic) bond motifs is 6. The molecule has 0 spiro atoms. The van der Waals surface area contributed by atoms with Crippen LogP contribution in [-0.2, 0) is 9.59 Å². The van der Waals surface area contributed by atoms with Crippen molar-refractivity contribution in [3.8, 4) is 16.8 Å². The molecule has 2 aliphatic rings. The number of benzene rings is 2. The van der Waals surface area contributed by atoms with Gasteiger partial charge in [-0.05, 0) is 62.1 Å². The SMILES string of the molecule is C=CC(=O)N1CC2C(=O)N(C)c3c(c4cc(Cl)c(-c5c(C)ccc6[nH]c(=O)oc56)c(F)c4n(-c4c(C)ccnc4C(C)C)c3=O)N2CC1C. The second-order valence-corrected chi connectivity index (χ2v) is 13.5. The van der Waals surface area contributed by atoms with E-state index < -0.39 is 23.2 Å². The predicted octanol–water partition coefficient (Wildman–Crippen LogP) is 5.59. The zero-order valence-electron chi connectivity index (χ0n) is 27.9. The molecule has 7 rings (SSSR count). The molecule has 2 aromatic carbocycles. The number of likely N-dealkylation sites (N-methyl/N-ethyl adjacent to an activating group) is 1. The molecular weight excluding hydrogens is 651 g/mol. The van der Waals surface area contributed by atoms with E-state index in [4.69, 9.17) is 16.0 Å². The van der Waals surface area contributed by atoms with Crippen LogP contribution in [0.4, 0.5) is 15.8 Å². The van der Waals surface area contributed by atoms with Crippen molar-refractivity contribution in [2.24, 2.45) is 0 Å². The molecule has 0 saturated carbocycles. The first-order valence-corrected chi connectivity index (χ1v) is 16.3. The van der Waals surface area contributed by atoms with E-state index in [2.05, 4.69) is 16.5 Å². The van der Waals surface area contributed by atoms with E-state index in [1.54, 1.807) is 47.2 Å². The molecular formula is C36H34ClFN6O5. The summed E-state index contributed by atoms with van der Waals surface area (Å²) in [6.45, 7) is 13.1. The van der Waals surface area contributed by atoms with Gasteiger partial charge in [-0.25, -0.2) is 9.18 Å². The standard InChI is InChI=1S/C36H34ClFN6O5/c1-8-24(45)42-15-23-34(46)41(7)32-31(43(23)14-19(42)6)20-13-21(37)26(25-17(4)9-10-22-33(25)49-36(48)40-22)27(38)30(20)44(35(32)47)29-18(5)11-12-39-28(29)16(2)3/h8-13,16,19,23H,1,14-15H2,2-7H3,(H,40,48). The van der Waals surface area contributed by atoms with Crippen molar-refractivity contribution in [1.29, 1.82) is 0 Å². The summed E-state index contributed by atoms with van der Waals surface area (Å²) in [5.74, 6) is -2.39. The lowest BCUT2D eigenvalue weighted by molar-refractivity contribution is -0.130. The van der Waals surface area contributed by atoms with Crippen molar-refractivity contribution in [2.75, 3.05) is 29.9 Å². The molecule has 0 aliphatic carbocycles. The summed E-state index contributed by atoms with van der Waals surface area (Å²) in [4.78, 5) is 66.0. The van der Waals surface area contributed by atoms with E-state index in [1.165, 1.54) is 22.6 Å². The summed E-state index contributed by atoms with van der Waals surface area (Å²) in [5, 5.41) is 0.299. The zero-order chi connectivity index (χ0) is 35.2. The maximum absolute atomic E-state index is 17.8. The molecule has 0 bridgehead atoms. The Hall–Kier alpha value is -5.23. The van der Waals surface area contributed by atoms with Crippen LogP contribution in [0, 0.1) is 19.7 Å². The molecule has 11 nitrogen and oxygen atoms in total. The van der Waals surface area contributed by atoms with Gasteiger partial charge in [0.2, 0.25) is 5.91 Å². The van der Waals surface area contributed by atoms with Crippen LogP contribution >= 0.6 is 11.6 Å². The number of carbonyl (C=O) groups is 2. The highest BCUT2D eigenvalue weighted by atomic mass is 35.5. The third-order valence-corrected chi connectivity index (χ3v) is 10.0. The van der Waals surface area contributed by atoms with Gasteiger partial charge in [-0.3, -0.25) is 28.9 Å². The zero-order valence-corrected chi connectivity index (χ0v) is 28.6. The molecule has 5 aromatic rings. The van der Waals surface area contributed by atoms with Crippen LogP contribution < -0.4 is 21.1 Å². The van der Waals surface area contributed by atoms with Gasteiger partial charge in [0.05, 0.1) is 39.7 Å². The topological polar surface area (TPSA) is 125 Å². The molecule has 1 N–H and O–H groups in total. The van der Waals surface area contributed by atoms with Crippen LogP contribution in [0.1, 0.15) is 43.5 Å². The number of nitrogens with one attached hydrogen (secondary N) is 1. The molecule has 2 atom stereocenters. The third-order valence-electron chi connectivity index (χ3n) is 9.71. The van der Waals surface area contributed by atoms with Gasteiger partial charge >= 0.3 is 5.76 Å². The summed E-state index contributed by atoms with van der Waals surface area (Å²) in [6, 6.07) is 5.51. The van der Waals surface area contributed by atoms with E-state index >= 15 is 9.18 Å². The van der Waals surface area contributed by atoms with Crippen molar-refractivity contribution >= 4 is 56.8 Å². The van der Waals surface area contributed by atoms with Gasteiger partial charge in [0.1, 0.15) is 11.7 Å². The van der Waals surface area contributed by atoms with E-state index in [0.717, 1.165) is 0 Å². The van der Waals surface area contributed by atoms with Gasteiger partial charge < -0.3 is 19.1 Å². The number of anilines is 2. The second-order valence-electron chi connectivity index (χ2n) is 13.1. The van der Waals surface area contributed by atoms with Crippen molar-refractivity contribution in [2.45, 2.75) is 52.6 Å². The van der Waals surface area contributed by atoms with Gasteiger partial charge in [0, 0.05) is 42.3 Å². The fourth-order valence-electron chi connectivity index (χ4n) is 7.38. The lowest BCUT2D eigenvalue weighted by atomic mass is 9.94. The highest BCUT2D eigenvalue weighted by molar-refractivity contribution is 6.35. The Morgan fingerprint density at radius 1 is 1.10 bits per heavy atom. The average Bonchev–Trinajstić information content (AvgIpc) is 3.44. The number of hydrogen-bond donors (Lipinski definition) is 1. The summed E-state index contributed by atoms with van der Waals surface area (Å²) in [6.07, 6.45) is 2.85. The van der Waals surface area contributed by atoms with Crippen LogP contribution in [0.2, 0.25) is 5.02 Å². The quantitative estimate of drug-likeness (QED) is 0.245. The molecule has 3 aromatic heterocycles. The summed E-state index contributed by atoms with van der Waals surface area (Å²) in [5.41, 5.74) is 2.60. The molecule has 2 amide bonds. The fraction of sp³-hybridized carbons (Fsp3) is 0.306. The smallest absolute Gasteiger partial charge is 0.407 e. The Labute approximate surface area is 285 Å². The van der Waals surface area contributed by atoms with Crippen LogP contribution in [-0.4, -0.2) is 63.5 Å². The normalized spacial score (nSPS) is 17.7.